The Kier molecular flexibility index (Phi) is 6.25. The molecule has 144 valence electrons. The zero-order valence-electron chi connectivity index (χ0n) is 15.4. The van der Waals surface area contributed by atoms with Crippen molar-refractivity contribution in [2.75, 3.05) is 16.8 Å². The van der Waals surface area contributed by atoms with E-state index in [2.05, 4.69) is 5.32 Å². The van der Waals surface area contributed by atoms with E-state index in [1.807, 2.05) is 32.0 Å². The van der Waals surface area contributed by atoms with Gasteiger partial charge in [0.2, 0.25) is 11.8 Å². The Balaban J connectivity index is 2.24. The fourth-order valence-electron chi connectivity index (χ4n) is 2.86. The molecule has 0 aliphatic heterocycles. The van der Waals surface area contributed by atoms with Gasteiger partial charge >= 0.3 is 6.18 Å². The van der Waals surface area contributed by atoms with E-state index in [1.54, 1.807) is 0 Å². The second kappa shape index (κ2) is 8.24. The first kappa shape index (κ1) is 20.5. The Labute approximate surface area is 156 Å². The molecule has 27 heavy (non-hydrogen) atoms. The van der Waals surface area contributed by atoms with Gasteiger partial charge in [0.25, 0.3) is 0 Å². The van der Waals surface area contributed by atoms with Crippen LogP contribution in [0.1, 0.15) is 30.5 Å². The summed E-state index contributed by atoms with van der Waals surface area (Å²) in [4.78, 5) is 25.9. The van der Waals surface area contributed by atoms with Crippen molar-refractivity contribution >= 4 is 23.2 Å². The molecule has 1 N–H and O–H groups in total. The third-order valence-corrected chi connectivity index (χ3v) is 4.13. The molecule has 0 fully saturated rings. The number of benzene rings is 2. The van der Waals surface area contributed by atoms with Crippen LogP contribution in [0.4, 0.5) is 24.5 Å². The smallest absolute Gasteiger partial charge is 0.325 e. The van der Waals surface area contributed by atoms with Crippen LogP contribution in [-0.2, 0) is 22.2 Å². The summed E-state index contributed by atoms with van der Waals surface area (Å²) in [6.07, 6.45) is -3.82. The van der Waals surface area contributed by atoms with Crippen LogP contribution in [0.25, 0.3) is 0 Å². The first-order chi connectivity index (χ1) is 12.6. The van der Waals surface area contributed by atoms with E-state index < -0.39 is 17.6 Å². The van der Waals surface area contributed by atoms with Crippen molar-refractivity contribution in [1.82, 2.24) is 0 Å². The van der Waals surface area contributed by atoms with E-state index >= 15 is 0 Å². The highest BCUT2D eigenvalue weighted by Crippen LogP contribution is 2.31. The highest BCUT2D eigenvalue weighted by Gasteiger charge is 2.30. The zero-order valence-corrected chi connectivity index (χ0v) is 15.4. The van der Waals surface area contributed by atoms with Crippen molar-refractivity contribution in [2.45, 2.75) is 33.4 Å². The van der Waals surface area contributed by atoms with Crippen LogP contribution in [0, 0.1) is 6.92 Å². The van der Waals surface area contributed by atoms with Gasteiger partial charge in [-0.3, -0.25) is 9.59 Å². The number of carbonyl (C=O) groups excluding carboxylic acids is 2. The molecule has 2 aromatic carbocycles. The average Bonchev–Trinajstić information content (AvgIpc) is 2.59. The van der Waals surface area contributed by atoms with Crippen LogP contribution in [0.15, 0.2) is 42.5 Å². The van der Waals surface area contributed by atoms with Gasteiger partial charge in [-0.1, -0.05) is 31.2 Å². The topological polar surface area (TPSA) is 49.4 Å². The lowest BCUT2D eigenvalue weighted by atomic mass is 10.0. The fraction of sp³-hybridized carbons (Fsp3) is 0.300. The molecule has 0 radical (unpaired) electrons. The molecular weight excluding hydrogens is 357 g/mol. The van der Waals surface area contributed by atoms with Gasteiger partial charge in [-0.2, -0.15) is 13.2 Å². The lowest BCUT2D eigenvalue weighted by Crippen LogP contribution is -2.37. The quantitative estimate of drug-likeness (QED) is 0.829. The van der Waals surface area contributed by atoms with E-state index in [1.165, 1.54) is 24.0 Å². The Hall–Kier alpha value is -2.83. The van der Waals surface area contributed by atoms with Crippen molar-refractivity contribution in [3.05, 3.63) is 59.2 Å². The summed E-state index contributed by atoms with van der Waals surface area (Å²) < 4.78 is 38.4. The lowest BCUT2D eigenvalue weighted by Gasteiger charge is -2.25. The van der Waals surface area contributed by atoms with Crippen LogP contribution in [0.5, 0.6) is 0 Å². The van der Waals surface area contributed by atoms with Crippen LogP contribution in [-0.4, -0.2) is 18.4 Å². The highest BCUT2D eigenvalue weighted by molar-refractivity contribution is 6.02. The molecule has 2 amide bonds. The summed E-state index contributed by atoms with van der Waals surface area (Å²) in [5, 5.41) is 2.43. The third kappa shape index (κ3) is 5.09. The minimum Gasteiger partial charge on any atom is -0.325 e. The molecule has 0 heterocycles. The molecule has 0 aliphatic carbocycles. The Morgan fingerprint density at radius 3 is 2.37 bits per heavy atom. The molecule has 0 unspecified atom stereocenters. The van der Waals surface area contributed by atoms with Gasteiger partial charge < -0.3 is 10.2 Å². The number of halogens is 3. The normalized spacial score (nSPS) is 11.2. The van der Waals surface area contributed by atoms with Crippen molar-refractivity contribution in [2.24, 2.45) is 0 Å². The first-order valence-electron chi connectivity index (χ1n) is 8.47. The van der Waals surface area contributed by atoms with Crippen LogP contribution < -0.4 is 10.2 Å². The summed E-state index contributed by atoms with van der Waals surface area (Å²) in [6, 6.07) is 9.98. The molecule has 0 aromatic heterocycles. The van der Waals surface area contributed by atoms with Gasteiger partial charge in [-0.15, -0.1) is 0 Å². The molecular formula is C20H21F3N2O2. The van der Waals surface area contributed by atoms with Crippen molar-refractivity contribution < 1.29 is 22.8 Å². The molecule has 0 saturated heterocycles. The maximum Gasteiger partial charge on any atom is 0.416 e. The molecule has 0 bridgehead atoms. The standard InChI is InChI=1S/C20H21F3N2O2/c1-4-15-8-5-7-13(2)19(15)25(14(3)26)12-18(27)24-17-10-6-9-16(11-17)20(21,22)23/h5-11H,4,12H2,1-3H3,(H,24,27). The monoisotopic (exact) mass is 378 g/mol. The Bertz CT molecular complexity index is 847. The van der Waals surface area contributed by atoms with E-state index in [-0.39, 0.29) is 18.1 Å². The van der Waals surface area contributed by atoms with E-state index in [9.17, 15) is 22.8 Å². The number of nitrogens with one attached hydrogen (secondary N) is 1. The predicted molar refractivity (Wildman–Crippen MR) is 98.7 cm³/mol. The fourth-order valence-corrected chi connectivity index (χ4v) is 2.86. The summed E-state index contributed by atoms with van der Waals surface area (Å²) in [5.74, 6) is -0.895. The third-order valence-electron chi connectivity index (χ3n) is 4.13. The van der Waals surface area contributed by atoms with Crippen LogP contribution in [0.3, 0.4) is 0 Å². The molecule has 7 heteroatoms. The number of amides is 2. The number of rotatable bonds is 5. The van der Waals surface area contributed by atoms with E-state index in [4.69, 9.17) is 0 Å². The average molecular weight is 378 g/mol. The zero-order chi connectivity index (χ0) is 20.2. The van der Waals surface area contributed by atoms with Crippen molar-refractivity contribution in [1.29, 1.82) is 0 Å². The molecule has 2 rings (SSSR count). The van der Waals surface area contributed by atoms with Gasteiger partial charge in [0.1, 0.15) is 6.54 Å². The minimum absolute atomic E-state index is 0.0267. The number of carbonyl (C=O) groups is 2. The maximum atomic E-state index is 12.8. The number of aryl methyl sites for hydroxylation is 2. The Morgan fingerprint density at radius 2 is 1.78 bits per heavy atom. The van der Waals surface area contributed by atoms with Crippen molar-refractivity contribution in [3.63, 3.8) is 0 Å². The molecule has 0 spiro atoms. The number of nitrogens with zero attached hydrogens (tertiary/aromatic N) is 1. The van der Waals surface area contributed by atoms with E-state index in [0.717, 1.165) is 23.3 Å². The maximum absolute atomic E-state index is 12.8. The Morgan fingerprint density at radius 1 is 1.11 bits per heavy atom. The summed E-state index contributed by atoms with van der Waals surface area (Å²) >= 11 is 0. The van der Waals surface area contributed by atoms with E-state index in [0.29, 0.717) is 12.1 Å². The van der Waals surface area contributed by atoms with Gasteiger partial charge in [-0.05, 0) is 42.7 Å². The second-order valence-corrected chi connectivity index (χ2v) is 6.17. The summed E-state index contributed by atoms with van der Waals surface area (Å²) in [7, 11) is 0. The predicted octanol–water partition coefficient (Wildman–Crippen LogP) is 4.57. The number of hydrogen-bond donors (Lipinski definition) is 1. The molecule has 0 saturated carbocycles. The minimum atomic E-state index is -4.50. The lowest BCUT2D eigenvalue weighted by molar-refractivity contribution is -0.137. The molecule has 2 aromatic rings. The van der Waals surface area contributed by atoms with Gasteiger partial charge in [-0.25, -0.2) is 0 Å². The van der Waals surface area contributed by atoms with Crippen LogP contribution in [0.2, 0.25) is 0 Å². The number of hydrogen-bond acceptors (Lipinski definition) is 2. The number of para-hydroxylation sites is 1. The van der Waals surface area contributed by atoms with Crippen molar-refractivity contribution in [3.8, 4) is 0 Å². The largest absolute Gasteiger partial charge is 0.416 e. The molecule has 4 nitrogen and oxygen atoms in total. The number of alkyl halides is 3. The molecule has 0 aliphatic rings. The summed E-state index contributed by atoms with van der Waals surface area (Å²) in [5.41, 5.74) is 1.59. The highest BCUT2D eigenvalue weighted by atomic mass is 19.4. The summed E-state index contributed by atoms with van der Waals surface area (Å²) in [6.45, 7) is 4.85. The second-order valence-electron chi connectivity index (χ2n) is 6.17. The number of anilines is 2. The first-order valence-corrected chi connectivity index (χ1v) is 8.47. The van der Waals surface area contributed by atoms with Gasteiger partial charge in [0.15, 0.2) is 0 Å². The molecule has 0 atom stereocenters. The van der Waals surface area contributed by atoms with Crippen LogP contribution >= 0.6 is 0 Å². The van der Waals surface area contributed by atoms with Gasteiger partial charge in [0.05, 0.1) is 11.3 Å². The van der Waals surface area contributed by atoms with Gasteiger partial charge in [0, 0.05) is 12.6 Å². The SMILES string of the molecule is CCc1cccc(C)c1N(CC(=O)Nc1cccc(C(F)(F)F)c1)C(C)=O.